The lowest BCUT2D eigenvalue weighted by molar-refractivity contribution is -0.281. The van der Waals surface area contributed by atoms with Crippen molar-refractivity contribution in [2.45, 2.75) is 37.6 Å². The zero-order chi connectivity index (χ0) is 15.8. The smallest absolute Gasteiger partial charge is 0.362 e. The van der Waals surface area contributed by atoms with E-state index in [2.05, 4.69) is 5.10 Å². The van der Waals surface area contributed by atoms with Gasteiger partial charge in [-0.25, -0.2) is 0 Å². The molecule has 3 rings (SSSR count). The highest BCUT2D eigenvalue weighted by molar-refractivity contribution is 6.06. The Labute approximate surface area is 126 Å². The lowest BCUT2D eigenvalue weighted by Gasteiger charge is -2.31. The normalized spacial score (nSPS) is 30.5. The van der Waals surface area contributed by atoms with Crippen molar-refractivity contribution in [2.24, 2.45) is 11.0 Å². The third kappa shape index (κ3) is 2.52. The summed E-state index contributed by atoms with van der Waals surface area (Å²) in [7, 11) is 0. The summed E-state index contributed by atoms with van der Waals surface area (Å²) in [6.45, 7) is 0. The molecule has 0 aromatic heterocycles. The molecule has 2 atom stereocenters. The molecule has 1 aromatic rings. The van der Waals surface area contributed by atoms with Gasteiger partial charge < -0.3 is 5.11 Å². The zero-order valence-corrected chi connectivity index (χ0v) is 11.9. The van der Waals surface area contributed by atoms with E-state index < -0.39 is 17.8 Å². The van der Waals surface area contributed by atoms with Gasteiger partial charge in [0.05, 0.1) is 11.6 Å². The lowest BCUT2D eigenvalue weighted by atomic mass is 9.86. The van der Waals surface area contributed by atoms with Crippen LogP contribution in [0.2, 0.25) is 0 Å². The molecular formula is C16H17F3N2O. The summed E-state index contributed by atoms with van der Waals surface area (Å²) < 4.78 is 39.6. The summed E-state index contributed by atoms with van der Waals surface area (Å²) in [5.41, 5.74) is 1.000. The average molecular weight is 310 g/mol. The molecule has 1 aromatic carbocycles. The second-order valence-electron chi connectivity index (χ2n) is 5.75. The van der Waals surface area contributed by atoms with E-state index in [1.165, 1.54) is 0 Å². The van der Waals surface area contributed by atoms with Crippen LogP contribution in [0.5, 0.6) is 0 Å². The molecule has 0 spiro atoms. The first-order chi connectivity index (χ1) is 10.4. The van der Waals surface area contributed by atoms with Gasteiger partial charge in [-0.05, 0) is 36.5 Å². The number of hydrogen-bond acceptors (Lipinski definition) is 3. The van der Waals surface area contributed by atoms with Gasteiger partial charge in [0.1, 0.15) is 0 Å². The molecule has 1 aliphatic heterocycles. The highest BCUT2D eigenvalue weighted by Gasteiger charge is 2.63. The van der Waals surface area contributed by atoms with Gasteiger partial charge in [-0.2, -0.15) is 18.3 Å². The Morgan fingerprint density at radius 2 is 1.95 bits per heavy atom. The maximum Gasteiger partial charge on any atom is 0.438 e. The maximum absolute atomic E-state index is 13.2. The molecule has 0 unspecified atom stereocenters. The summed E-state index contributed by atoms with van der Waals surface area (Å²) in [6, 6.07) is 9.43. The van der Waals surface area contributed by atoms with Crippen LogP contribution in [0, 0.1) is 5.92 Å². The van der Waals surface area contributed by atoms with Crippen molar-refractivity contribution in [1.82, 2.24) is 5.43 Å². The number of hydrazone groups is 1. The number of alkyl halides is 3. The Hall–Kier alpha value is -1.82. The Kier molecular flexibility index (Phi) is 3.72. The fourth-order valence-corrected chi connectivity index (χ4v) is 3.09. The Balaban J connectivity index is 1.97. The standard InChI is InChI=1S/C16H17F3N2O/c17-16(18,19)15(22)13-9-5-4-8-12(14(13)20-21-15)10-11-6-2-1-3-7-11/h1-3,6-7,10,13,21-22H,4-5,8-9H2/b12-10+/t13-,15-/m0/s1. The first kappa shape index (κ1) is 15.1. The number of halogens is 3. The molecule has 1 saturated carbocycles. The number of nitrogens with one attached hydrogen (secondary N) is 1. The summed E-state index contributed by atoms with van der Waals surface area (Å²) >= 11 is 0. The molecule has 6 heteroatoms. The molecular weight excluding hydrogens is 293 g/mol. The van der Waals surface area contributed by atoms with Crippen molar-refractivity contribution < 1.29 is 18.3 Å². The van der Waals surface area contributed by atoms with Crippen molar-refractivity contribution in [1.29, 1.82) is 0 Å². The van der Waals surface area contributed by atoms with Crippen molar-refractivity contribution in [3.63, 3.8) is 0 Å². The molecule has 3 nitrogen and oxygen atoms in total. The molecule has 0 bridgehead atoms. The first-order valence-corrected chi connectivity index (χ1v) is 7.31. The van der Waals surface area contributed by atoms with Crippen LogP contribution in [0.25, 0.3) is 6.08 Å². The molecule has 1 aliphatic carbocycles. The topological polar surface area (TPSA) is 44.6 Å². The maximum atomic E-state index is 13.2. The largest absolute Gasteiger partial charge is 0.438 e. The Morgan fingerprint density at radius 1 is 1.23 bits per heavy atom. The van der Waals surface area contributed by atoms with Gasteiger partial charge in [0, 0.05) is 0 Å². The van der Waals surface area contributed by atoms with E-state index in [-0.39, 0.29) is 6.42 Å². The minimum absolute atomic E-state index is 0.272. The Morgan fingerprint density at radius 3 is 2.64 bits per heavy atom. The van der Waals surface area contributed by atoms with Crippen LogP contribution < -0.4 is 5.43 Å². The highest BCUT2D eigenvalue weighted by Crippen LogP contribution is 2.43. The van der Waals surface area contributed by atoms with Gasteiger partial charge in [0.15, 0.2) is 0 Å². The van der Waals surface area contributed by atoms with Crippen LogP contribution in [0.4, 0.5) is 13.2 Å². The number of allylic oxidation sites excluding steroid dienone is 1. The summed E-state index contributed by atoms with van der Waals surface area (Å²) in [5, 5.41) is 13.9. The summed E-state index contributed by atoms with van der Waals surface area (Å²) in [6.07, 6.45) is -0.530. The molecule has 0 radical (unpaired) electrons. The van der Waals surface area contributed by atoms with E-state index in [4.69, 9.17) is 0 Å². The number of aliphatic hydroxyl groups is 1. The van der Waals surface area contributed by atoms with Crippen LogP contribution in [-0.2, 0) is 0 Å². The third-order valence-corrected chi connectivity index (χ3v) is 4.27. The minimum Gasteiger partial charge on any atom is -0.362 e. The van der Waals surface area contributed by atoms with Crippen molar-refractivity contribution >= 4 is 11.8 Å². The van der Waals surface area contributed by atoms with Crippen LogP contribution in [-0.4, -0.2) is 22.7 Å². The number of rotatable bonds is 1. The van der Waals surface area contributed by atoms with Gasteiger partial charge in [-0.3, -0.25) is 5.43 Å². The number of fused-ring (bicyclic) bond motifs is 1. The molecule has 1 heterocycles. The predicted octanol–water partition coefficient (Wildman–Crippen LogP) is 3.47. The minimum atomic E-state index is -4.76. The molecule has 0 amide bonds. The molecule has 2 N–H and O–H groups in total. The van der Waals surface area contributed by atoms with E-state index in [1.807, 2.05) is 41.8 Å². The molecule has 2 aliphatic rings. The fraction of sp³-hybridized carbons (Fsp3) is 0.438. The first-order valence-electron chi connectivity index (χ1n) is 7.31. The lowest BCUT2D eigenvalue weighted by Crippen LogP contribution is -2.58. The van der Waals surface area contributed by atoms with Crippen molar-refractivity contribution in [2.75, 3.05) is 0 Å². The summed E-state index contributed by atoms with van der Waals surface area (Å²) in [4.78, 5) is 0. The van der Waals surface area contributed by atoms with Crippen molar-refractivity contribution in [3.05, 3.63) is 41.5 Å². The molecule has 118 valence electrons. The second-order valence-corrected chi connectivity index (χ2v) is 5.75. The summed E-state index contributed by atoms with van der Waals surface area (Å²) in [5.74, 6) is -1.05. The van der Waals surface area contributed by atoms with Gasteiger partial charge in [0.2, 0.25) is 0 Å². The predicted molar refractivity (Wildman–Crippen MR) is 78.0 cm³/mol. The second kappa shape index (κ2) is 5.43. The highest BCUT2D eigenvalue weighted by atomic mass is 19.4. The molecule has 22 heavy (non-hydrogen) atoms. The fourth-order valence-electron chi connectivity index (χ4n) is 3.09. The number of nitrogens with zero attached hydrogens (tertiary/aromatic N) is 1. The van der Waals surface area contributed by atoms with Gasteiger partial charge in [0.25, 0.3) is 5.72 Å². The van der Waals surface area contributed by atoms with Gasteiger partial charge >= 0.3 is 6.18 Å². The van der Waals surface area contributed by atoms with Crippen molar-refractivity contribution in [3.8, 4) is 0 Å². The quantitative estimate of drug-likeness (QED) is 0.834. The SMILES string of the molecule is O[C@@]1(C(F)(F)F)NN=C2/C(=C/c3ccccc3)CCCC[C@@H]21. The third-order valence-electron chi connectivity index (χ3n) is 4.27. The molecule has 1 fully saturated rings. The van der Waals surface area contributed by atoms with Crippen LogP contribution in [0.1, 0.15) is 31.2 Å². The van der Waals surface area contributed by atoms with E-state index in [1.54, 1.807) is 0 Å². The van der Waals surface area contributed by atoms with Crippen LogP contribution in [0.3, 0.4) is 0 Å². The monoisotopic (exact) mass is 310 g/mol. The Bertz CT molecular complexity index is 610. The van der Waals surface area contributed by atoms with E-state index in [9.17, 15) is 18.3 Å². The van der Waals surface area contributed by atoms with Crippen LogP contribution in [0.15, 0.2) is 41.0 Å². The van der Waals surface area contributed by atoms with Crippen LogP contribution >= 0.6 is 0 Å². The number of hydrogen-bond donors (Lipinski definition) is 2. The molecule has 0 saturated heterocycles. The average Bonchev–Trinajstić information content (AvgIpc) is 2.69. The zero-order valence-electron chi connectivity index (χ0n) is 11.9. The van der Waals surface area contributed by atoms with E-state index >= 15 is 0 Å². The van der Waals surface area contributed by atoms with E-state index in [0.717, 1.165) is 17.6 Å². The van der Waals surface area contributed by atoms with Gasteiger partial charge in [-0.15, -0.1) is 0 Å². The van der Waals surface area contributed by atoms with Gasteiger partial charge in [-0.1, -0.05) is 36.8 Å². The van der Waals surface area contributed by atoms with E-state index in [0.29, 0.717) is 18.6 Å². The number of benzene rings is 1.